The van der Waals surface area contributed by atoms with E-state index in [1.54, 1.807) is 0 Å². The highest BCUT2D eigenvalue weighted by atomic mass is 16.1. The van der Waals surface area contributed by atoms with Crippen LogP contribution < -0.4 is 10.6 Å². The lowest BCUT2D eigenvalue weighted by molar-refractivity contribution is -0.126. The molecule has 0 saturated heterocycles. The zero-order chi connectivity index (χ0) is 13.5. The summed E-state index contributed by atoms with van der Waals surface area (Å²) < 4.78 is 0. The highest BCUT2D eigenvalue weighted by Crippen LogP contribution is 2.48. The van der Waals surface area contributed by atoms with Crippen molar-refractivity contribution < 1.29 is 4.79 Å². The number of nitrogens with one attached hydrogen (secondary N) is 2. The van der Waals surface area contributed by atoms with Crippen LogP contribution in [0.5, 0.6) is 0 Å². The van der Waals surface area contributed by atoms with Crippen LogP contribution in [-0.2, 0) is 24.4 Å². The zero-order valence-corrected chi connectivity index (χ0v) is 11.8. The van der Waals surface area contributed by atoms with Crippen molar-refractivity contribution in [3.05, 3.63) is 34.9 Å². The lowest BCUT2D eigenvalue weighted by Gasteiger charge is -2.20. The predicted octanol–water partition coefficient (Wildman–Crippen LogP) is 2.34. The molecule has 0 aromatic heterocycles. The summed E-state index contributed by atoms with van der Waals surface area (Å²) in [6.45, 7) is 2.62. The molecule has 1 amide bonds. The molecular weight excluding hydrogens is 248 g/mol. The standard InChI is InChI=1S/C17H22N2O/c20-17(16-7-11-1-3-13(16)5-11)19-8-12-2-4-14-9-18-10-15(14)6-12/h2,4,6,11,13,16,18H,1,3,5,7-10H2,(H,19,20). The lowest BCUT2D eigenvalue weighted by Crippen LogP contribution is -2.33. The average molecular weight is 270 g/mol. The van der Waals surface area contributed by atoms with Crippen molar-refractivity contribution in [1.82, 2.24) is 10.6 Å². The molecule has 3 atom stereocenters. The highest BCUT2D eigenvalue weighted by molar-refractivity contribution is 5.79. The van der Waals surface area contributed by atoms with Gasteiger partial charge in [0.1, 0.15) is 0 Å². The van der Waals surface area contributed by atoms with Gasteiger partial charge in [0.2, 0.25) is 5.91 Å². The van der Waals surface area contributed by atoms with Gasteiger partial charge in [0.25, 0.3) is 0 Å². The minimum atomic E-state index is 0.288. The van der Waals surface area contributed by atoms with E-state index in [2.05, 4.69) is 28.8 Å². The first-order valence-corrected chi connectivity index (χ1v) is 7.88. The minimum Gasteiger partial charge on any atom is -0.352 e. The molecule has 1 aromatic carbocycles. The van der Waals surface area contributed by atoms with Crippen LogP contribution in [0.2, 0.25) is 0 Å². The normalized spacial score (nSPS) is 30.5. The van der Waals surface area contributed by atoms with Crippen molar-refractivity contribution in [1.29, 1.82) is 0 Å². The molecule has 3 unspecified atom stereocenters. The Hall–Kier alpha value is -1.35. The Morgan fingerprint density at radius 1 is 1.20 bits per heavy atom. The van der Waals surface area contributed by atoms with Gasteiger partial charge < -0.3 is 10.6 Å². The molecule has 2 aliphatic carbocycles. The third-order valence-corrected chi connectivity index (χ3v) is 5.44. The van der Waals surface area contributed by atoms with Crippen molar-refractivity contribution in [2.24, 2.45) is 17.8 Å². The summed E-state index contributed by atoms with van der Waals surface area (Å²) in [6, 6.07) is 6.57. The molecule has 3 heteroatoms. The summed E-state index contributed by atoms with van der Waals surface area (Å²) in [5.41, 5.74) is 4.01. The molecule has 2 bridgehead atoms. The molecule has 1 aliphatic heterocycles. The number of amides is 1. The van der Waals surface area contributed by atoms with Crippen LogP contribution >= 0.6 is 0 Å². The lowest BCUT2D eigenvalue weighted by atomic mass is 9.88. The second-order valence-electron chi connectivity index (χ2n) is 6.71. The Morgan fingerprint density at radius 2 is 2.10 bits per heavy atom. The molecule has 4 rings (SSSR count). The fraction of sp³-hybridized carbons (Fsp3) is 0.588. The molecule has 0 radical (unpaired) electrons. The van der Waals surface area contributed by atoms with Gasteiger partial charge in [-0.3, -0.25) is 4.79 Å². The quantitative estimate of drug-likeness (QED) is 0.885. The molecule has 2 saturated carbocycles. The molecule has 106 valence electrons. The molecular formula is C17H22N2O. The summed E-state index contributed by atoms with van der Waals surface area (Å²) in [5, 5.41) is 6.51. The maximum Gasteiger partial charge on any atom is 0.223 e. The van der Waals surface area contributed by atoms with Crippen LogP contribution in [0.15, 0.2) is 18.2 Å². The fourth-order valence-electron chi connectivity index (χ4n) is 4.34. The second-order valence-corrected chi connectivity index (χ2v) is 6.71. The molecule has 3 aliphatic rings. The van der Waals surface area contributed by atoms with E-state index in [9.17, 15) is 4.79 Å². The van der Waals surface area contributed by atoms with Gasteiger partial charge in [0, 0.05) is 25.6 Å². The van der Waals surface area contributed by atoms with E-state index in [0.29, 0.717) is 18.4 Å². The maximum absolute atomic E-state index is 12.3. The van der Waals surface area contributed by atoms with Crippen molar-refractivity contribution in [2.45, 2.75) is 45.3 Å². The van der Waals surface area contributed by atoms with Gasteiger partial charge >= 0.3 is 0 Å². The molecule has 0 spiro atoms. The Balaban J connectivity index is 1.37. The first-order valence-electron chi connectivity index (χ1n) is 7.88. The van der Waals surface area contributed by atoms with E-state index in [0.717, 1.165) is 25.4 Å². The highest BCUT2D eigenvalue weighted by Gasteiger charge is 2.42. The number of carbonyl (C=O) groups is 1. The molecule has 1 heterocycles. The van der Waals surface area contributed by atoms with E-state index in [1.165, 1.54) is 36.0 Å². The van der Waals surface area contributed by atoms with Crippen LogP contribution in [0.1, 0.15) is 42.4 Å². The summed E-state index contributed by atoms with van der Waals surface area (Å²) >= 11 is 0. The summed E-state index contributed by atoms with van der Waals surface area (Å²) in [4.78, 5) is 12.3. The van der Waals surface area contributed by atoms with Gasteiger partial charge in [-0.05, 0) is 47.8 Å². The fourth-order valence-corrected chi connectivity index (χ4v) is 4.34. The van der Waals surface area contributed by atoms with Gasteiger partial charge in [0.05, 0.1) is 0 Å². The van der Waals surface area contributed by atoms with Crippen LogP contribution in [-0.4, -0.2) is 5.91 Å². The topological polar surface area (TPSA) is 41.1 Å². The SMILES string of the molecule is O=C(NCc1ccc2c(c1)CNC2)C1CC2CCC1C2. The molecule has 3 nitrogen and oxygen atoms in total. The zero-order valence-electron chi connectivity index (χ0n) is 11.8. The number of benzene rings is 1. The summed E-state index contributed by atoms with van der Waals surface area (Å²) in [7, 11) is 0. The Bertz CT molecular complexity index is 540. The van der Waals surface area contributed by atoms with Crippen LogP contribution in [0.3, 0.4) is 0 Å². The maximum atomic E-state index is 12.3. The van der Waals surface area contributed by atoms with E-state index >= 15 is 0 Å². The first kappa shape index (κ1) is 12.4. The van der Waals surface area contributed by atoms with Gasteiger partial charge in [-0.1, -0.05) is 24.6 Å². The predicted molar refractivity (Wildman–Crippen MR) is 77.8 cm³/mol. The Kier molecular flexibility index (Phi) is 3.03. The van der Waals surface area contributed by atoms with E-state index in [4.69, 9.17) is 0 Å². The Morgan fingerprint density at radius 3 is 2.90 bits per heavy atom. The largest absolute Gasteiger partial charge is 0.352 e. The van der Waals surface area contributed by atoms with Gasteiger partial charge in [0.15, 0.2) is 0 Å². The van der Waals surface area contributed by atoms with Crippen molar-refractivity contribution >= 4 is 5.91 Å². The molecule has 20 heavy (non-hydrogen) atoms. The molecule has 2 fully saturated rings. The van der Waals surface area contributed by atoms with Gasteiger partial charge in [-0.2, -0.15) is 0 Å². The number of hydrogen-bond donors (Lipinski definition) is 2. The van der Waals surface area contributed by atoms with Crippen LogP contribution in [0, 0.1) is 17.8 Å². The number of rotatable bonds is 3. The molecule has 2 N–H and O–H groups in total. The van der Waals surface area contributed by atoms with Crippen LogP contribution in [0.25, 0.3) is 0 Å². The van der Waals surface area contributed by atoms with E-state index in [1.807, 2.05) is 0 Å². The van der Waals surface area contributed by atoms with Crippen molar-refractivity contribution in [3.8, 4) is 0 Å². The van der Waals surface area contributed by atoms with E-state index in [-0.39, 0.29) is 5.91 Å². The van der Waals surface area contributed by atoms with Crippen LogP contribution in [0.4, 0.5) is 0 Å². The summed E-state index contributed by atoms with van der Waals surface area (Å²) in [5.74, 6) is 2.09. The monoisotopic (exact) mass is 270 g/mol. The summed E-state index contributed by atoms with van der Waals surface area (Å²) in [6.07, 6.45) is 5.05. The number of carbonyl (C=O) groups excluding carboxylic acids is 1. The first-order chi connectivity index (χ1) is 9.79. The minimum absolute atomic E-state index is 0.288. The molecule has 1 aromatic rings. The second kappa shape index (κ2) is 4.88. The van der Waals surface area contributed by atoms with E-state index < -0.39 is 0 Å². The smallest absolute Gasteiger partial charge is 0.223 e. The number of hydrogen-bond acceptors (Lipinski definition) is 2. The van der Waals surface area contributed by atoms with Gasteiger partial charge in [-0.15, -0.1) is 0 Å². The third-order valence-electron chi connectivity index (χ3n) is 5.44. The average Bonchev–Trinajstić information content (AvgIpc) is 3.19. The third kappa shape index (κ3) is 2.14. The van der Waals surface area contributed by atoms with Crippen molar-refractivity contribution in [2.75, 3.05) is 0 Å². The number of fused-ring (bicyclic) bond motifs is 3. The van der Waals surface area contributed by atoms with Gasteiger partial charge in [-0.25, -0.2) is 0 Å². The van der Waals surface area contributed by atoms with Crippen molar-refractivity contribution in [3.63, 3.8) is 0 Å². The Labute approximate surface area is 120 Å².